The fraction of sp³-hybridized carbons (Fsp3) is 0.923. The molecule has 0 bridgehead atoms. The molecule has 3 N–H and O–H groups in total. The maximum Gasteiger partial charge on any atom is 0.237 e. The number of aliphatic hydroxyl groups is 1. The van der Waals surface area contributed by atoms with Crippen molar-refractivity contribution >= 4 is 5.91 Å². The lowest BCUT2D eigenvalue weighted by Crippen LogP contribution is -2.49. The van der Waals surface area contributed by atoms with Crippen LogP contribution in [0.4, 0.5) is 0 Å². The fourth-order valence-electron chi connectivity index (χ4n) is 2.28. The van der Waals surface area contributed by atoms with Gasteiger partial charge in [0.1, 0.15) is 0 Å². The van der Waals surface area contributed by atoms with Crippen LogP contribution in [-0.2, 0) is 4.79 Å². The molecule has 4 heteroatoms. The minimum Gasteiger partial charge on any atom is -0.391 e. The Morgan fingerprint density at radius 2 is 2.24 bits per heavy atom. The Hall–Kier alpha value is -0.610. The van der Waals surface area contributed by atoms with Gasteiger partial charge in [-0.2, -0.15) is 0 Å². The van der Waals surface area contributed by atoms with E-state index in [1.54, 1.807) is 0 Å². The van der Waals surface area contributed by atoms with Gasteiger partial charge in [-0.3, -0.25) is 4.79 Å². The van der Waals surface area contributed by atoms with Crippen LogP contribution >= 0.6 is 0 Å². The summed E-state index contributed by atoms with van der Waals surface area (Å²) in [5.74, 6) is 1.08. The first-order valence-electron chi connectivity index (χ1n) is 6.68. The number of nitrogens with one attached hydrogen (secondary N) is 2. The molecule has 0 saturated carbocycles. The van der Waals surface area contributed by atoms with Gasteiger partial charge in [0.25, 0.3) is 0 Å². The quantitative estimate of drug-likeness (QED) is 0.671. The van der Waals surface area contributed by atoms with E-state index in [4.69, 9.17) is 0 Å². The SMILES string of the molecule is CC(C)CC(O)CNC(=O)C1CC(C)CCN1. The zero-order chi connectivity index (χ0) is 12.8. The molecule has 0 spiro atoms. The van der Waals surface area contributed by atoms with Crippen molar-refractivity contribution in [2.24, 2.45) is 11.8 Å². The fourth-order valence-corrected chi connectivity index (χ4v) is 2.28. The van der Waals surface area contributed by atoms with E-state index in [-0.39, 0.29) is 11.9 Å². The van der Waals surface area contributed by atoms with E-state index >= 15 is 0 Å². The van der Waals surface area contributed by atoms with Crippen LogP contribution in [0.15, 0.2) is 0 Å². The molecule has 1 amide bonds. The molecule has 0 radical (unpaired) electrons. The van der Waals surface area contributed by atoms with Gasteiger partial charge in [-0.1, -0.05) is 20.8 Å². The third-order valence-corrected chi connectivity index (χ3v) is 3.24. The van der Waals surface area contributed by atoms with Crippen molar-refractivity contribution in [3.63, 3.8) is 0 Å². The Morgan fingerprint density at radius 1 is 1.53 bits per heavy atom. The van der Waals surface area contributed by atoms with Crippen LogP contribution in [0.25, 0.3) is 0 Å². The van der Waals surface area contributed by atoms with Crippen LogP contribution in [0.2, 0.25) is 0 Å². The van der Waals surface area contributed by atoms with Crippen molar-refractivity contribution in [1.29, 1.82) is 0 Å². The average molecular weight is 242 g/mol. The van der Waals surface area contributed by atoms with Crippen molar-refractivity contribution in [2.75, 3.05) is 13.1 Å². The molecule has 0 aromatic rings. The van der Waals surface area contributed by atoms with Gasteiger partial charge in [0.05, 0.1) is 12.1 Å². The second-order valence-electron chi connectivity index (χ2n) is 5.66. The van der Waals surface area contributed by atoms with Crippen molar-refractivity contribution in [1.82, 2.24) is 10.6 Å². The summed E-state index contributed by atoms with van der Waals surface area (Å²) >= 11 is 0. The smallest absolute Gasteiger partial charge is 0.237 e. The summed E-state index contributed by atoms with van der Waals surface area (Å²) in [6.45, 7) is 7.58. The van der Waals surface area contributed by atoms with Gasteiger partial charge in [-0.15, -0.1) is 0 Å². The highest BCUT2D eigenvalue weighted by Gasteiger charge is 2.24. The highest BCUT2D eigenvalue weighted by Crippen LogP contribution is 2.15. The van der Waals surface area contributed by atoms with Crippen LogP contribution in [0, 0.1) is 11.8 Å². The van der Waals surface area contributed by atoms with Crippen molar-refractivity contribution < 1.29 is 9.90 Å². The van der Waals surface area contributed by atoms with Gasteiger partial charge in [0.2, 0.25) is 5.91 Å². The largest absolute Gasteiger partial charge is 0.391 e. The van der Waals surface area contributed by atoms with Crippen LogP contribution < -0.4 is 10.6 Å². The molecule has 1 heterocycles. The molecule has 0 aromatic heterocycles. The second-order valence-corrected chi connectivity index (χ2v) is 5.66. The highest BCUT2D eigenvalue weighted by atomic mass is 16.3. The average Bonchev–Trinajstić information content (AvgIpc) is 2.25. The maximum absolute atomic E-state index is 11.8. The van der Waals surface area contributed by atoms with E-state index in [0.29, 0.717) is 18.4 Å². The number of amides is 1. The third kappa shape index (κ3) is 5.50. The van der Waals surface area contributed by atoms with Gasteiger partial charge in [-0.05, 0) is 37.6 Å². The Labute approximate surface area is 104 Å². The summed E-state index contributed by atoms with van der Waals surface area (Å²) in [5.41, 5.74) is 0. The van der Waals surface area contributed by atoms with Crippen molar-refractivity contribution in [2.45, 2.75) is 52.2 Å². The summed E-state index contributed by atoms with van der Waals surface area (Å²) in [6.07, 6.45) is 2.33. The molecule has 1 aliphatic rings. The standard InChI is InChI=1S/C13H26N2O2/c1-9(2)6-11(16)8-15-13(17)12-7-10(3)4-5-14-12/h9-12,14,16H,4-8H2,1-3H3,(H,15,17). The lowest BCUT2D eigenvalue weighted by molar-refractivity contribution is -0.124. The Kier molecular flexibility index (Phi) is 5.92. The summed E-state index contributed by atoms with van der Waals surface area (Å²) < 4.78 is 0. The number of aliphatic hydroxyl groups excluding tert-OH is 1. The van der Waals surface area contributed by atoms with Gasteiger partial charge in [0.15, 0.2) is 0 Å². The zero-order valence-corrected chi connectivity index (χ0v) is 11.2. The van der Waals surface area contributed by atoms with Crippen LogP contribution in [0.3, 0.4) is 0 Å². The van der Waals surface area contributed by atoms with E-state index in [1.165, 1.54) is 0 Å². The molecule has 0 aliphatic carbocycles. The molecular weight excluding hydrogens is 216 g/mol. The number of piperidine rings is 1. The first kappa shape index (κ1) is 14.5. The molecule has 3 unspecified atom stereocenters. The topological polar surface area (TPSA) is 61.4 Å². The van der Waals surface area contributed by atoms with Crippen LogP contribution in [0.5, 0.6) is 0 Å². The number of carbonyl (C=O) groups excluding carboxylic acids is 1. The normalized spacial score (nSPS) is 26.9. The zero-order valence-electron chi connectivity index (χ0n) is 11.2. The van der Waals surface area contributed by atoms with Gasteiger partial charge in [-0.25, -0.2) is 0 Å². The predicted octanol–water partition coefficient (Wildman–Crippen LogP) is 0.898. The number of hydrogen-bond donors (Lipinski definition) is 3. The maximum atomic E-state index is 11.8. The van der Waals surface area contributed by atoms with E-state index < -0.39 is 6.10 Å². The summed E-state index contributed by atoms with van der Waals surface area (Å²) in [5, 5.41) is 15.7. The second kappa shape index (κ2) is 6.97. The highest BCUT2D eigenvalue weighted by molar-refractivity contribution is 5.81. The lowest BCUT2D eigenvalue weighted by Gasteiger charge is -2.27. The summed E-state index contributed by atoms with van der Waals surface area (Å²) in [4.78, 5) is 11.8. The lowest BCUT2D eigenvalue weighted by atomic mass is 9.94. The minimum absolute atomic E-state index is 0.0272. The number of carbonyl (C=O) groups is 1. The van der Waals surface area contributed by atoms with Crippen LogP contribution in [-0.4, -0.2) is 36.2 Å². The summed E-state index contributed by atoms with van der Waals surface area (Å²) in [7, 11) is 0. The first-order valence-corrected chi connectivity index (χ1v) is 6.68. The third-order valence-electron chi connectivity index (χ3n) is 3.24. The number of hydrogen-bond acceptors (Lipinski definition) is 3. The summed E-state index contributed by atoms with van der Waals surface area (Å²) in [6, 6.07) is -0.0787. The molecule has 1 fully saturated rings. The van der Waals surface area contributed by atoms with Gasteiger partial charge < -0.3 is 15.7 Å². The van der Waals surface area contributed by atoms with Crippen molar-refractivity contribution in [3.8, 4) is 0 Å². The van der Waals surface area contributed by atoms with Gasteiger partial charge in [0, 0.05) is 6.54 Å². The van der Waals surface area contributed by atoms with Crippen LogP contribution in [0.1, 0.15) is 40.0 Å². The van der Waals surface area contributed by atoms with Gasteiger partial charge >= 0.3 is 0 Å². The molecule has 17 heavy (non-hydrogen) atoms. The first-order chi connectivity index (χ1) is 7.99. The van der Waals surface area contributed by atoms with E-state index in [2.05, 4.69) is 31.4 Å². The minimum atomic E-state index is -0.431. The molecule has 100 valence electrons. The number of rotatable bonds is 5. The van der Waals surface area contributed by atoms with E-state index in [9.17, 15) is 9.90 Å². The molecule has 1 saturated heterocycles. The molecule has 4 nitrogen and oxygen atoms in total. The van der Waals surface area contributed by atoms with E-state index in [1.807, 2.05) is 0 Å². The predicted molar refractivity (Wildman–Crippen MR) is 68.7 cm³/mol. The molecular formula is C13H26N2O2. The molecule has 1 aliphatic heterocycles. The molecule has 0 aromatic carbocycles. The molecule has 1 rings (SSSR count). The monoisotopic (exact) mass is 242 g/mol. The van der Waals surface area contributed by atoms with E-state index in [0.717, 1.165) is 25.8 Å². The Balaban J connectivity index is 2.24. The Morgan fingerprint density at radius 3 is 2.82 bits per heavy atom. The molecule has 3 atom stereocenters. The Bertz CT molecular complexity index is 244. The van der Waals surface area contributed by atoms with Crippen molar-refractivity contribution in [3.05, 3.63) is 0 Å².